The Bertz CT molecular complexity index is 743. The summed E-state index contributed by atoms with van der Waals surface area (Å²) < 4.78 is 37.6. The molecule has 2 aromatic rings. The zero-order valence-electron chi connectivity index (χ0n) is 10.4. The minimum atomic E-state index is -4.49. The van der Waals surface area contributed by atoms with Gasteiger partial charge in [0.2, 0.25) is 5.91 Å². The van der Waals surface area contributed by atoms with Crippen LogP contribution >= 0.6 is 15.9 Å². The lowest BCUT2D eigenvalue weighted by Crippen LogP contribution is -2.37. The number of carbonyl (C=O) groups is 1. The summed E-state index contributed by atoms with van der Waals surface area (Å²) >= 11 is 3.21. The fraction of sp³-hybridized carbons (Fsp3) is 0.250. The number of rotatable bonds is 3. The van der Waals surface area contributed by atoms with Gasteiger partial charge in [-0.05, 0) is 18.2 Å². The molecule has 1 heterocycles. The van der Waals surface area contributed by atoms with Gasteiger partial charge in [0.05, 0.1) is 17.2 Å². The SMILES string of the molecule is O=C(Cn1cnc2ccc(Br)cc2c1=O)NCC(F)(F)F. The van der Waals surface area contributed by atoms with E-state index >= 15 is 0 Å². The molecule has 0 saturated heterocycles. The Labute approximate surface area is 124 Å². The molecule has 0 atom stereocenters. The Morgan fingerprint density at radius 2 is 2.10 bits per heavy atom. The fourth-order valence-electron chi connectivity index (χ4n) is 1.65. The molecule has 0 unspecified atom stereocenters. The normalized spacial score (nSPS) is 11.6. The molecule has 2 rings (SSSR count). The number of amides is 1. The van der Waals surface area contributed by atoms with Crippen molar-refractivity contribution in [3.63, 3.8) is 0 Å². The van der Waals surface area contributed by atoms with Crippen molar-refractivity contribution >= 4 is 32.7 Å². The topological polar surface area (TPSA) is 64.0 Å². The largest absolute Gasteiger partial charge is 0.405 e. The van der Waals surface area contributed by atoms with E-state index in [9.17, 15) is 22.8 Å². The molecular weight excluding hydrogens is 355 g/mol. The lowest BCUT2D eigenvalue weighted by Gasteiger charge is -2.09. The van der Waals surface area contributed by atoms with Crippen LogP contribution in [0, 0.1) is 0 Å². The third-order valence-corrected chi connectivity index (χ3v) is 3.08. The molecule has 0 radical (unpaired) electrons. The summed E-state index contributed by atoms with van der Waals surface area (Å²) in [6, 6.07) is 4.86. The van der Waals surface area contributed by atoms with E-state index in [1.54, 1.807) is 17.4 Å². The van der Waals surface area contributed by atoms with Gasteiger partial charge >= 0.3 is 6.18 Å². The molecule has 0 bridgehead atoms. The number of nitrogens with one attached hydrogen (secondary N) is 1. The van der Waals surface area contributed by atoms with Gasteiger partial charge in [-0.15, -0.1) is 0 Å². The van der Waals surface area contributed by atoms with Crippen LogP contribution in [0.15, 0.2) is 33.8 Å². The molecule has 5 nitrogen and oxygen atoms in total. The van der Waals surface area contributed by atoms with Crippen LogP contribution in [-0.2, 0) is 11.3 Å². The first-order chi connectivity index (χ1) is 9.76. The monoisotopic (exact) mass is 363 g/mol. The molecule has 0 aliphatic rings. The van der Waals surface area contributed by atoms with Gasteiger partial charge in [0.25, 0.3) is 5.56 Å². The fourth-order valence-corrected chi connectivity index (χ4v) is 2.01. The Morgan fingerprint density at radius 1 is 1.38 bits per heavy atom. The van der Waals surface area contributed by atoms with Crippen molar-refractivity contribution in [2.45, 2.75) is 12.7 Å². The molecule has 0 aliphatic carbocycles. The molecule has 21 heavy (non-hydrogen) atoms. The number of nitrogens with zero attached hydrogens (tertiary/aromatic N) is 2. The van der Waals surface area contributed by atoms with Gasteiger partial charge in [-0.3, -0.25) is 14.2 Å². The van der Waals surface area contributed by atoms with E-state index in [1.807, 2.05) is 0 Å². The summed E-state index contributed by atoms with van der Waals surface area (Å²) in [7, 11) is 0. The van der Waals surface area contributed by atoms with Crippen molar-refractivity contribution in [2.24, 2.45) is 0 Å². The Kier molecular flexibility index (Phi) is 4.31. The molecule has 1 N–H and O–H groups in total. The van der Waals surface area contributed by atoms with Crippen molar-refractivity contribution in [3.05, 3.63) is 39.4 Å². The number of fused-ring (bicyclic) bond motifs is 1. The van der Waals surface area contributed by atoms with E-state index in [-0.39, 0.29) is 5.39 Å². The molecule has 9 heteroatoms. The number of carbonyl (C=O) groups excluding carboxylic acids is 1. The Hall–Kier alpha value is -1.90. The smallest absolute Gasteiger partial charge is 0.345 e. The third kappa shape index (κ3) is 4.03. The number of aromatic nitrogens is 2. The van der Waals surface area contributed by atoms with Gasteiger partial charge < -0.3 is 5.32 Å². The Morgan fingerprint density at radius 3 is 2.76 bits per heavy atom. The second-order valence-electron chi connectivity index (χ2n) is 4.23. The van der Waals surface area contributed by atoms with Crippen LogP contribution in [-0.4, -0.2) is 28.2 Å². The minimum Gasteiger partial charge on any atom is -0.345 e. The highest BCUT2D eigenvalue weighted by Crippen LogP contribution is 2.15. The molecule has 0 saturated carbocycles. The van der Waals surface area contributed by atoms with Crippen LogP contribution < -0.4 is 10.9 Å². The van der Waals surface area contributed by atoms with Gasteiger partial charge in [0.1, 0.15) is 13.1 Å². The lowest BCUT2D eigenvalue weighted by molar-refractivity contribution is -0.138. The maximum atomic E-state index is 12.1. The van der Waals surface area contributed by atoms with E-state index in [0.717, 1.165) is 10.9 Å². The van der Waals surface area contributed by atoms with Crippen LogP contribution in [0.25, 0.3) is 10.9 Å². The average molecular weight is 364 g/mol. The van der Waals surface area contributed by atoms with Crippen LogP contribution in [0.3, 0.4) is 0 Å². The first-order valence-electron chi connectivity index (χ1n) is 5.74. The van der Waals surface area contributed by atoms with Crippen molar-refractivity contribution in [1.82, 2.24) is 14.9 Å². The molecular formula is C12H9BrF3N3O2. The van der Waals surface area contributed by atoms with Gasteiger partial charge in [-0.1, -0.05) is 15.9 Å². The Balaban J connectivity index is 2.21. The maximum Gasteiger partial charge on any atom is 0.405 e. The number of halogens is 4. The third-order valence-electron chi connectivity index (χ3n) is 2.59. The summed E-state index contributed by atoms with van der Waals surface area (Å²) in [6.07, 6.45) is -3.36. The predicted octanol–water partition coefficient (Wildman–Crippen LogP) is 1.84. The highest BCUT2D eigenvalue weighted by atomic mass is 79.9. The van der Waals surface area contributed by atoms with Crippen molar-refractivity contribution in [1.29, 1.82) is 0 Å². The molecule has 0 aliphatic heterocycles. The first kappa shape index (κ1) is 15.5. The first-order valence-corrected chi connectivity index (χ1v) is 6.54. The second kappa shape index (κ2) is 5.84. The van der Waals surface area contributed by atoms with E-state index in [0.29, 0.717) is 9.99 Å². The molecule has 1 aromatic heterocycles. The number of hydrogen-bond acceptors (Lipinski definition) is 3. The molecule has 1 amide bonds. The van der Waals surface area contributed by atoms with Crippen LogP contribution in [0.5, 0.6) is 0 Å². The van der Waals surface area contributed by atoms with Crippen molar-refractivity contribution in [3.8, 4) is 0 Å². The summed E-state index contributed by atoms with van der Waals surface area (Å²) in [5.41, 5.74) is -0.0568. The number of benzene rings is 1. The van der Waals surface area contributed by atoms with E-state index < -0.39 is 30.7 Å². The van der Waals surface area contributed by atoms with Gasteiger partial charge in [-0.25, -0.2) is 4.98 Å². The molecule has 0 spiro atoms. The number of hydrogen-bond donors (Lipinski definition) is 1. The van der Waals surface area contributed by atoms with E-state index in [1.165, 1.54) is 6.07 Å². The number of alkyl halides is 3. The van der Waals surface area contributed by atoms with Crippen molar-refractivity contribution < 1.29 is 18.0 Å². The van der Waals surface area contributed by atoms with E-state index in [2.05, 4.69) is 20.9 Å². The summed E-state index contributed by atoms with van der Waals surface area (Å²) in [4.78, 5) is 27.5. The van der Waals surface area contributed by atoms with Gasteiger partial charge in [-0.2, -0.15) is 13.2 Å². The minimum absolute atomic E-state index is 0.274. The van der Waals surface area contributed by atoms with Crippen molar-refractivity contribution in [2.75, 3.05) is 6.54 Å². The highest BCUT2D eigenvalue weighted by Gasteiger charge is 2.27. The predicted molar refractivity (Wildman–Crippen MR) is 72.8 cm³/mol. The second-order valence-corrected chi connectivity index (χ2v) is 5.15. The van der Waals surface area contributed by atoms with Crippen LogP contribution in [0.4, 0.5) is 13.2 Å². The van der Waals surface area contributed by atoms with Crippen LogP contribution in [0.1, 0.15) is 0 Å². The summed E-state index contributed by atoms with van der Waals surface area (Å²) in [5, 5.41) is 1.97. The quantitative estimate of drug-likeness (QED) is 0.904. The zero-order chi connectivity index (χ0) is 15.6. The zero-order valence-corrected chi connectivity index (χ0v) is 12.0. The van der Waals surface area contributed by atoms with Crippen LogP contribution in [0.2, 0.25) is 0 Å². The molecule has 0 fully saturated rings. The van der Waals surface area contributed by atoms with Gasteiger partial charge in [0, 0.05) is 4.47 Å². The van der Waals surface area contributed by atoms with Gasteiger partial charge in [0.15, 0.2) is 0 Å². The highest BCUT2D eigenvalue weighted by molar-refractivity contribution is 9.10. The standard InChI is InChI=1S/C12H9BrF3N3O2/c13-7-1-2-9-8(3-7)11(21)19(6-18-9)4-10(20)17-5-12(14,15)16/h1-3,6H,4-5H2,(H,17,20). The molecule has 1 aromatic carbocycles. The lowest BCUT2D eigenvalue weighted by atomic mass is 10.2. The van der Waals surface area contributed by atoms with E-state index in [4.69, 9.17) is 0 Å². The summed E-state index contributed by atoms with van der Waals surface area (Å²) in [5.74, 6) is -0.912. The summed E-state index contributed by atoms with van der Waals surface area (Å²) in [6.45, 7) is -1.96. The maximum absolute atomic E-state index is 12.1. The average Bonchev–Trinajstić information content (AvgIpc) is 2.39. The molecule has 112 valence electrons.